The summed E-state index contributed by atoms with van der Waals surface area (Å²) in [4.78, 5) is 1.51. The first-order chi connectivity index (χ1) is 7.36. The number of aryl methyl sites for hydroxylation is 1. The molecule has 0 amide bonds. The second kappa shape index (κ2) is 7.31. The van der Waals surface area contributed by atoms with E-state index in [4.69, 9.17) is 0 Å². The summed E-state index contributed by atoms with van der Waals surface area (Å²) in [5.74, 6) is 0. The van der Waals surface area contributed by atoms with E-state index in [9.17, 15) is 0 Å². The van der Waals surface area contributed by atoms with E-state index in [-0.39, 0.29) is 12.4 Å². The molecular weight excluding hydrogens is 238 g/mol. The van der Waals surface area contributed by atoms with Crippen molar-refractivity contribution in [2.75, 3.05) is 0 Å². The maximum atomic E-state index is 3.72. The Morgan fingerprint density at radius 1 is 1.25 bits per heavy atom. The van der Waals surface area contributed by atoms with Crippen molar-refractivity contribution in [1.29, 1.82) is 0 Å². The third-order valence-electron chi connectivity index (χ3n) is 3.37. The molecule has 1 heterocycles. The Morgan fingerprint density at radius 3 is 2.50 bits per heavy atom. The summed E-state index contributed by atoms with van der Waals surface area (Å²) in [7, 11) is 0. The van der Waals surface area contributed by atoms with E-state index in [1.54, 1.807) is 0 Å². The smallest absolute Gasteiger partial charge is 0.0304 e. The van der Waals surface area contributed by atoms with E-state index in [1.165, 1.54) is 49.0 Å². The summed E-state index contributed by atoms with van der Waals surface area (Å²) < 4.78 is 0. The van der Waals surface area contributed by atoms with Gasteiger partial charge in [0.05, 0.1) is 0 Å². The molecule has 2 rings (SSSR count). The fraction of sp³-hybridized carbons (Fsp3) is 0.692. The van der Waals surface area contributed by atoms with Crippen LogP contribution in [0.1, 0.15) is 49.0 Å². The van der Waals surface area contributed by atoms with Crippen LogP contribution < -0.4 is 5.32 Å². The van der Waals surface area contributed by atoms with Gasteiger partial charge in [-0.1, -0.05) is 25.7 Å². The molecule has 1 aliphatic carbocycles. The number of thiophene rings is 1. The van der Waals surface area contributed by atoms with Crippen molar-refractivity contribution < 1.29 is 0 Å². The van der Waals surface area contributed by atoms with Crippen molar-refractivity contribution in [3.63, 3.8) is 0 Å². The number of halogens is 1. The van der Waals surface area contributed by atoms with Crippen molar-refractivity contribution >= 4 is 23.7 Å². The Bertz CT molecular complexity index is 290. The highest BCUT2D eigenvalue weighted by molar-refractivity contribution is 7.10. The Hall–Kier alpha value is -0.0500. The van der Waals surface area contributed by atoms with Crippen LogP contribution in [0.25, 0.3) is 0 Å². The molecule has 0 saturated heterocycles. The minimum Gasteiger partial charge on any atom is -0.309 e. The summed E-state index contributed by atoms with van der Waals surface area (Å²) >= 11 is 1.88. The van der Waals surface area contributed by atoms with Crippen LogP contribution in [-0.4, -0.2) is 6.04 Å². The van der Waals surface area contributed by atoms with E-state index >= 15 is 0 Å². The molecule has 0 atom stereocenters. The summed E-state index contributed by atoms with van der Waals surface area (Å²) in [6.07, 6.45) is 8.48. The van der Waals surface area contributed by atoms with Gasteiger partial charge < -0.3 is 5.32 Å². The van der Waals surface area contributed by atoms with E-state index in [2.05, 4.69) is 23.7 Å². The van der Waals surface area contributed by atoms with Gasteiger partial charge in [-0.2, -0.15) is 0 Å². The Kier molecular flexibility index (Phi) is 6.40. The van der Waals surface area contributed by atoms with Crippen molar-refractivity contribution in [1.82, 2.24) is 5.32 Å². The van der Waals surface area contributed by atoms with Crippen LogP contribution in [0.4, 0.5) is 0 Å². The second-order valence-electron chi connectivity index (χ2n) is 4.60. The zero-order valence-electron chi connectivity index (χ0n) is 10.00. The molecule has 1 fully saturated rings. The third kappa shape index (κ3) is 4.08. The number of hydrogen-bond donors (Lipinski definition) is 1. The lowest BCUT2D eigenvalue weighted by Gasteiger charge is -2.15. The normalized spacial score (nSPS) is 17.8. The highest BCUT2D eigenvalue weighted by Crippen LogP contribution is 2.19. The van der Waals surface area contributed by atoms with Gasteiger partial charge in [0.1, 0.15) is 0 Å². The predicted octanol–water partition coefficient (Wildman–Crippen LogP) is 4.29. The lowest BCUT2D eigenvalue weighted by molar-refractivity contribution is 0.460. The zero-order chi connectivity index (χ0) is 10.5. The van der Waals surface area contributed by atoms with Gasteiger partial charge >= 0.3 is 0 Å². The zero-order valence-corrected chi connectivity index (χ0v) is 11.6. The van der Waals surface area contributed by atoms with Gasteiger partial charge in [0, 0.05) is 17.5 Å². The van der Waals surface area contributed by atoms with Crippen LogP contribution >= 0.6 is 23.7 Å². The Morgan fingerprint density at radius 2 is 1.94 bits per heavy atom. The summed E-state index contributed by atoms with van der Waals surface area (Å²) in [6.45, 7) is 3.29. The molecule has 0 aliphatic heterocycles. The molecule has 1 N–H and O–H groups in total. The van der Waals surface area contributed by atoms with Crippen molar-refractivity contribution in [2.45, 2.75) is 58.0 Å². The van der Waals surface area contributed by atoms with Gasteiger partial charge in [0.2, 0.25) is 0 Å². The fourth-order valence-corrected chi connectivity index (χ4v) is 3.16. The molecule has 1 aliphatic rings. The maximum Gasteiger partial charge on any atom is 0.0304 e. The van der Waals surface area contributed by atoms with Crippen LogP contribution in [0.3, 0.4) is 0 Å². The second-order valence-corrected chi connectivity index (χ2v) is 5.60. The van der Waals surface area contributed by atoms with Gasteiger partial charge in [0.15, 0.2) is 0 Å². The SMILES string of the molecule is Cc1ccsc1CNC1CCCCCC1.Cl. The highest BCUT2D eigenvalue weighted by atomic mass is 35.5. The molecule has 1 saturated carbocycles. The van der Waals surface area contributed by atoms with Crippen LogP contribution in [-0.2, 0) is 6.54 Å². The molecule has 0 radical (unpaired) electrons. The minimum atomic E-state index is 0. The van der Waals surface area contributed by atoms with E-state index in [0.717, 1.165) is 12.6 Å². The molecule has 1 aromatic heterocycles. The summed E-state index contributed by atoms with van der Waals surface area (Å²) in [5.41, 5.74) is 1.45. The molecule has 1 nitrogen and oxygen atoms in total. The van der Waals surface area contributed by atoms with E-state index < -0.39 is 0 Å². The standard InChI is InChI=1S/C13H21NS.ClH/c1-11-8-9-15-13(11)10-14-12-6-4-2-3-5-7-12;/h8-9,12,14H,2-7,10H2,1H3;1H. The molecule has 92 valence electrons. The van der Waals surface area contributed by atoms with Crippen molar-refractivity contribution in [2.24, 2.45) is 0 Å². The minimum absolute atomic E-state index is 0. The first-order valence-corrected chi connectivity index (χ1v) is 7.00. The summed E-state index contributed by atoms with van der Waals surface area (Å²) in [5, 5.41) is 5.91. The molecule has 16 heavy (non-hydrogen) atoms. The number of hydrogen-bond acceptors (Lipinski definition) is 2. The molecule has 0 unspecified atom stereocenters. The lowest BCUT2D eigenvalue weighted by Crippen LogP contribution is -2.27. The first-order valence-electron chi connectivity index (χ1n) is 6.12. The van der Waals surface area contributed by atoms with Crippen LogP contribution in [0, 0.1) is 6.92 Å². The van der Waals surface area contributed by atoms with Gasteiger partial charge in [0.25, 0.3) is 0 Å². The maximum absolute atomic E-state index is 3.72. The van der Waals surface area contributed by atoms with E-state index in [1.807, 2.05) is 11.3 Å². The quantitative estimate of drug-likeness (QED) is 0.799. The molecule has 3 heteroatoms. The predicted molar refractivity (Wildman–Crippen MR) is 74.6 cm³/mol. The fourth-order valence-electron chi connectivity index (χ4n) is 2.31. The Labute approximate surface area is 109 Å². The van der Waals surface area contributed by atoms with Crippen molar-refractivity contribution in [3.8, 4) is 0 Å². The third-order valence-corrected chi connectivity index (χ3v) is 4.40. The number of nitrogens with one attached hydrogen (secondary N) is 1. The van der Waals surface area contributed by atoms with Crippen LogP contribution in [0.15, 0.2) is 11.4 Å². The van der Waals surface area contributed by atoms with E-state index in [0.29, 0.717) is 0 Å². The molecular formula is C13H22ClNS. The molecule has 0 bridgehead atoms. The van der Waals surface area contributed by atoms with Gasteiger partial charge in [-0.05, 0) is 36.8 Å². The topological polar surface area (TPSA) is 12.0 Å². The molecule has 0 spiro atoms. The average molecular weight is 260 g/mol. The van der Waals surface area contributed by atoms with Gasteiger partial charge in [-0.15, -0.1) is 23.7 Å². The van der Waals surface area contributed by atoms with Crippen LogP contribution in [0.2, 0.25) is 0 Å². The Balaban J connectivity index is 0.00000128. The first kappa shape index (κ1) is 14.0. The van der Waals surface area contributed by atoms with Gasteiger partial charge in [-0.3, -0.25) is 0 Å². The largest absolute Gasteiger partial charge is 0.309 e. The molecule has 0 aromatic carbocycles. The number of rotatable bonds is 3. The van der Waals surface area contributed by atoms with Crippen molar-refractivity contribution in [3.05, 3.63) is 21.9 Å². The highest BCUT2D eigenvalue weighted by Gasteiger charge is 2.11. The average Bonchev–Trinajstić information content (AvgIpc) is 2.53. The van der Waals surface area contributed by atoms with Crippen LogP contribution in [0.5, 0.6) is 0 Å². The summed E-state index contributed by atoms with van der Waals surface area (Å²) in [6, 6.07) is 2.99. The lowest BCUT2D eigenvalue weighted by atomic mass is 10.1. The molecule has 1 aromatic rings. The van der Waals surface area contributed by atoms with Gasteiger partial charge in [-0.25, -0.2) is 0 Å². The monoisotopic (exact) mass is 259 g/mol.